The highest BCUT2D eigenvalue weighted by molar-refractivity contribution is 7.92. The predicted molar refractivity (Wildman–Crippen MR) is 184 cm³/mol. The molecule has 0 spiro atoms. The third-order valence-electron chi connectivity index (χ3n) is 7.94. The number of nitrogens with zero attached hydrogens (tertiary/aromatic N) is 2. The Kier molecular flexibility index (Phi) is 8.56. The number of rotatable bonds is 9. The van der Waals surface area contributed by atoms with Crippen molar-refractivity contribution in [2.75, 3.05) is 14.5 Å². The summed E-state index contributed by atoms with van der Waals surface area (Å²) in [6.45, 7) is 8.38. The van der Waals surface area contributed by atoms with Crippen LogP contribution in [0.25, 0.3) is 0 Å². The first-order valence-electron chi connectivity index (χ1n) is 15.3. The smallest absolute Gasteiger partial charge is 0.262 e. The van der Waals surface area contributed by atoms with Crippen LogP contribution < -0.4 is 19.3 Å². The first kappa shape index (κ1) is 30.9. The highest BCUT2D eigenvalue weighted by atomic mass is 32.2. The minimum absolute atomic E-state index is 0.0114. The van der Waals surface area contributed by atoms with E-state index in [4.69, 9.17) is 4.74 Å². The molecule has 0 aromatic heterocycles. The van der Waals surface area contributed by atoms with Gasteiger partial charge in [0.05, 0.1) is 22.3 Å². The number of carbonyl (C=O) groups excluding carboxylic acids is 1. The summed E-state index contributed by atoms with van der Waals surface area (Å²) >= 11 is 0. The summed E-state index contributed by atoms with van der Waals surface area (Å²) in [6.07, 6.45) is -0.497. The Morgan fingerprint density at radius 3 is 2.04 bits per heavy atom. The van der Waals surface area contributed by atoms with Crippen LogP contribution in [0.5, 0.6) is 5.75 Å². The Balaban J connectivity index is 1.50. The van der Waals surface area contributed by atoms with Gasteiger partial charge in [0, 0.05) is 17.9 Å². The van der Waals surface area contributed by atoms with Gasteiger partial charge in [0.1, 0.15) is 11.9 Å². The van der Waals surface area contributed by atoms with E-state index in [0.29, 0.717) is 29.2 Å². The van der Waals surface area contributed by atoms with E-state index in [2.05, 4.69) is 9.62 Å². The number of nitrogens with one attached hydrogen (secondary N) is 1. The number of carbonyl (C=O) groups is 1. The van der Waals surface area contributed by atoms with Gasteiger partial charge in [-0.2, -0.15) is 0 Å². The monoisotopic (exact) mass is 631 g/mol. The predicted octanol–water partition coefficient (Wildman–Crippen LogP) is 8.26. The van der Waals surface area contributed by atoms with Crippen LogP contribution in [0, 0.1) is 13.8 Å². The zero-order chi connectivity index (χ0) is 32.4. The number of anilines is 3. The summed E-state index contributed by atoms with van der Waals surface area (Å²) in [4.78, 5) is 18.6. The number of sulfonamides is 1. The fourth-order valence-corrected chi connectivity index (χ4v) is 6.77. The molecule has 0 unspecified atom stereocenters. The lowest BCUT2D eigenvalue weighted by atomic mass is 9.98. The van der Waals surface area contributed by atoms with Gasteiger partial charge in [-0.25, -0.2) is 8.42 Å². The molecule has 0 fully saturated rings. The fourth-order valence-electron chi connectivity index (χ4n) is 5.69. The number of ether oxygens (including phenoxy) is 1. The van der Waals surface area contributed by atoms with Crippen LogP contribution in [0.1, 0.15) is 52.6 Å². The molecule has 1 N–H and O–H groups in total. The van der Waals surface area contributed by atoms with Crippen LogP contribution >= 0.6 is 0 Å². The molecule has 5 aromatic rings. The second kappa shape index (κ2) is 12.7. The van der Waals surface area contributed by atoms with Gasteiger partial charge >= 0.3 is 0 Å². The van der Waals surface area contributed by atoms with Gasteiger partial charge in [-0.15, -0.1) is 0 Å². The highest BCUT2D eigenvalue weighted by Crippen LogP contribution is 2.43. The molecule has 0 radical (unpaired) electrons. The maximum atomic E-state index is 14.6. The van der Waals surface area contributed by atoms with Gasteiger partial charge in [-0.3, -0.25) is 14.4 Å². The molecule has 1 aliphatic rings. The van der Waals surface area contributed by atoms with E-state index in [9.17, 15) is 13.2 Å². The lowest BCUT2D eigenvalue weighted by molar-refractivity contribution is 0.0968. The molecule has 5 aromatic carbocycles. The average molecular weight is 632 g/mol. The standard InChI is InChI=1S/C38H37N3O4S/c1-26(2)45-33-20-14-30(15-21-33)37-40(25-29-8-6-5-7-9-29)36-23-22-34(46(43,44)39-31-16-10-27(3)11-17-31)24-35(36)38(42)41(37)32-18-12-28(4)13-19-32/h5-24,26,37,39H,25H2,1-4H3/t37-/m0/s1. The Hall–Kier alpha value is -5.08. The largest absolute Gasteiger partial charge is 0.491 e. The number of aryl methyl sites for hydroxylation is 2. The molecule has 46 heavy (non-hydrogen) atoms. The Morgan fingerprint density at radius 2 is 1.41 bits per heavy atom. The summed E-state index contributed by atoms with van der Waals surface area (Å²) in [5.74, 6) is 0.455. The van der Waals surface area contributed by atoms with E-state index in [1.54, 1.807) is 29.2 Å². The molecule has 234 valence electrons. The van der Waals surface area contributed by atoms with Crippen LogP contribution in [0.4, 0.5) is 17.1 Å². The van der Waals surface area contributed by atoms with Gasteiger partial charge in [-0.05, 0) is 93.4 Å². The second-order valence-corrected chi connectivity index (χ2v) is 13.6. The van der Waals surface area contributed by atoms with E-state index in [1.165, 1.54) is 6.07 Å². The molecular formula is C38H37N3O4S. The van der Waals surface area contributed by atoms with Gasteiger partial charge in [0.2, 0.25) is 0 Å². The third-order valence-corrected chi connectivity index (χ3v) is 9.32. The van der Waals surface area contributed by atoms with Crippen molar-refractivity contribution in [2.24, 2.45) is 0 Å². The normalized spacial score (nSPS) is 14.7. The van der Waals surface area contributed by atoms with Crippen molar-refractivity contribution >= 4 is 33.0 Å². The zero-order valence-electron chi connectivity index (χ0n) is 26.3. The molecule has 0 saturated heterocycles. The minimum atomic E-state index is -3.98. The Labute approximate surface area is 271 Å². The minimum Gasteiger partial charge on any atom is -0.491 e. The van der Waals surface area contributed by atoms with E-state index in [-0.39, 0.29) is 16.9 Å². The topological polar surface area (TPSA) is 79.0 Å². The third kappa shape index (κ3) is 6.48. The van der Waals surface area contributed by atoms with Crippen LogP contribution in [-0.4, -0.2) is 20.4 Å². The maximum Gasteiger partial charge on any atom is 0.262 e. The summed E-state index contributed by atoms with van der Waals surface area (Å²) in [5, 5.41) is 0. The zero-order valence-corrected chi connectivity index (χ0v) is 27.2. The summed E-state index contributed by atoms with van der Waals surface area (Å²) in [6, 6.07) is 37.6. The van der Waals surface area contributed by atoms with Crippen molar-refractivity contribution in [1.82, 2.24) is 0 Å². The molecule has 1 amide bonds. The van der Waals surface area contributed by atoms with Crippen molar-refractivity contribution in [1.29, 1.82) is 0 Å². The number of fused-ring (bicyclic) bond motifs is 1. The van der Waals surface area contributed by atoms with Gasteiger partial charge in [0.25, 0.3) is 15.9 Å². The molecule has 0 aliphatic carbocycles. The fraction of sp³-hybridized carbons (Fsp3) is 0.184. The first-order valence-corrected chi connectivity index (χ1v) is 16.8. The van der Waals surface area contributed by atoms with E-state index in [0.717, 1.165) is 28.0 Å². The highest BCUT2D eigenvalue weighted by Gasteiger charge is 2.40. The molecule has 6 rings (SSSR count). The molecule has 1 atom stereocenters. The van der Waals surface area contributed by atoms with Gasteiger partial charge in [-0.1, -0.05) is 77.9 Å². The number of amides is 1. The molecular weight excluding hydrogens is 595 g/mol. The van der Waals surface area contributed by atoms with E-state index in [1.807, 2.05) is 119 Å². The van der Waals surface area contributed by atoms with Crippen molar-refractivity contribution in [3.05, 3.63) is 149 Å². The average Bonchev–Trinajstić information content (AvgIpc) is 3.04. The van der Waals surface area contributed by atoms with Crippen LogP contribution in [0.2, 0.25) is 0 Å². The maximum absolute atomic E-state index is 14.6. The molecule has 7 nitrogen and oxygen atoms in total. The SMILES string of the molecule is Cc1ccc(NS(=O)(=O)c2ccc3c(c2)C(=O)N(c2ccc(C)cc2)[C@@H](c2ccc(OC(C)C)cc2)N3Cc2ccccc2)cc1. The first-order chi connectivity index (χ1) is 22.1. The quantitative estimate of drug-likeness (QED) is 0.177. The van der Waals surface area contributed by atoms with Crippen molar-refractivity contribution in [2.45, 2.75) is 51.4 Å². The Bertz CT molecular complexity index is 1940. The summed E-state index contributed by atoms with van der Waals surface area (Å²) in [7, 11) is -3.98. The summed E-state index contributed by atoms with van der Waals surface area (Å²) < 4.78 is 35.7. The van der Waals surface area contributed by atoms with Crippen LogP contribution in [0.15, 0.2) is 126 Å². The Morgan fingerprint density at radius 1 is 0.783 bits per heavy atom. The van der Waals surface area contributed by atoms with Crippen LogP contribution in [0.3, 0.4) is 0 Å². The molecule has 8 heteroatoms. The van der Waals surface area contributed by atoms with Gasteiger partial charge < -0.3 is 9.64 Å². The van der Waals surface area contributed by atoms with Crippen LogP contribution in [-0.2, 0) is 16.6 Å². The molecule has 1 heterocycles. The number of benzene rings is 5. The van der Waals surface area contributed by atoms with Crippen molar-refractivity contribution < 1.29 is 17.9 Å². The number of hydrogen-bond donors (Lipinski definition) is 1. The van der Waals surface area contributed by atoms with E-state index >= 15 is 0 Å². The lowest BCUT2D eigenvalue weighted by Gasteiger charge is -2.46. The summed E-state index contributed by atoms with van der Waals surface area (Å²) in [5.41, 5.74) is 6.15. The number of hydrogen-bond acceptors (Lipinski definition) is 5. The van der Waals surface area contributed by atoms with E-state index < -0.39 is 16.2 Å². The molecule has 1 aliphatic heterocycles. The molecule has 0 bridgehead atoms. The second-order valence-electron chi connectivity index (χ2n) is 11.9. The molecule has 0 saturated carbocycles. The van der Waals surface area contributed by atoms with Gasteiger partial charge in [0.15, 0.2) is 0 Å². The lowest BCUT2D eigenvalue weighted by Crippen LogP contribution is -2.49. The van der Waals surface area contributed by atoms with Crippen molar-refractivity contribution in [3.63, 3.8) is 0 Å². The van der Waals surface area contributed by atoms with Crippen molar-refractivity contribution in [3.8, 4) is 5.75 Å².